The fraction of sp³-hybridized carbons (Fsp3) is 0. The Labute approximate surface area is 97.4 Å². The predicted octanol–water partition coefficient (Wildman–Crippen LogP) is 2.81. The van der Waals surface area contributed by atoms with Gasteiger partial charge in [0.1, 0.15) is 0 Å². The maximum atomic E-state index is 11.0. The van der Waals surface area contributed by atoms with E-state index in [0.717, 1.165) is 27.5 Å². The third-order valence-electron chi connectivity index (χ3n) is 2.79. The Hall–Kier alpha value is -2.49. The number of aromatic amines is 1. The second kappa shape index (κ2) is 3.52. The number of anilines is 1. The van der Waals surface area contributed by atoms with E-state index in [-0.39, 0.29) is 0 Å². The van der Waals surface area contributed by atoms with Gasteiger partial charge in [-0.2, -0.15) is 0 Å². The molecule has 1 heterocycles. The van der Waals surface area contributed by atoms with Crippen molar-refractivity contribution in [2.24, 2.45) is 5.73 Å². The number of hydrogen-bond acceptors (Lipinski definition) is 1. The molecule has 0 bridgehead atoms. The molecule has 84 valence electrons. The van der Waals surface area contributed by atoms with E-state index in [1.54, 1.807) is 0 Å². The number of urea groups is 1. The van der Waals surface area contributed by atoms with Gasteiger partial charge >= 0.3 is 6.03 Å². The van der Waals surface area contributed by atoms with Crippen molar-refractivity contribution in [3.8, 4) is 0 Å². The lowest BCUT2D eigenvalue weighted by atomic mass is 10.1. The highest BCUT2D eigenvalue weighted by atomic mass is 16.2. The Balaban J connectivity index is 2.39. The number of fused-ring (bicyclic) bond motifs is 3. The van der Waals surface area contributed by atoms with E-state index in [1.165, 1.54) is 0 Å². The molecular formula is C13H11N3O. The van der Waals surface area contributed by atoms with Crippen LogP contribution in [0.2, 0.25) is 0 Å². The van der Waals surface area contributed by atoms with E-state index >= 15 is 0 Å². The van der Waals surface area contributed by atoms with Crippen molar-refractivity contribution >= 4 is 33.5 Å². The van der Waals surface area contributed by atoms with Crippen LogP contribution in [0.1, 0.15) is 0 Å². The van der Waals surface area contributed by atoms with Crippen LogP contribution in [0.5, 0.6) is 0 Å². The summed E-state index contributed by atoms with van der Waals surface area (Å²) in [4.78, 5) is 14.3. The molecule has 0 saturated heterocycles. The lowest BCUT2D eigenvalue weighted by Crippen LogP contribution is -2.19. The van der Waals surface area contributed by atoms with Crippen molar-refractivity contribution in [3.63, 3.8) is 0 Å². The SMILES string of the molecule is NC(=O)Nc1cccc2[nH]c3ccccc3c12. The van der Waals surface area contributed by atoms with Crippen LogP contribution in [0.4, 0.5) is 10.5 Å². The summed E-state index contributed by atoms with van der Waals surface area (Å²) in [5.74, 6) is 0. The predicted molar refractivity (Wildman–Crippen MR) is 69.0 cm³/mol. The second-order valence-electron chi connectivity index (χ2n) is 3.89. The topological polar surface area (TPSA) is 70.9 Å². The zero-order chi connectivity index (χ0) is 11.8. The molecule has 0 spiro atoms. The number of H-pyrrole nitrogens is 1. The Bertz CT molecular complexity index is 715. The van der Waals surface area contributed by atoms with Gasteiger partial charge in [-0.15, -0.1) is 0 Å². The molecule has 0 saturated carbocycles. The Morgan fingerprint density at radius 3 is 2.65 bits per heavy atom. The number of aromatic nitrogens is 1. The summed E-state index contributed by atoms with van der Waals surface area (Å²) in [6.45, 7) is 0. The molecule has 4 heteroatoms. The molecule has 4 N–H and O–H groups in total. The molecule has 0 radical (unpaired) electrons. The molecule has 0 aliphatic heterocycles. The fourth-order valence-electron chi connectivity index (χ4n) is 2.14. The highest BCUT2D eigenvalue weighted by molar-refractivity contribution is 6.15. The number of para-hydroxylation sites is 1. The first-order chi connectivity index (χ1) is 8.25. The van der Waals surface area contributed by atoms with E-state index in [1.807, 2.05) is 42.5 Å². The van der Waals surface area contributed by atoms with Crippen LogP contribution in [0, 0.1) is 0 Å². The second-order valence-corrected chi connectivity index (χ2v) is 3.89. The van der Waals surface area contributed by atoms with E-state index in [9.17, 15) is 4.79 Å². The molecule has 3 rings (SSSR count). The van der Waals surface area contributed by atoms with Gasteiger partial charge in [-0.05, 0) is 18.2 Å². The third-order valence-corrected chi connectivity index (χ3v) is 2.79. The number of carbonyl (C=O) groups excluding carboxylic acids is 1. The van der Waals surface area contributed by atoms with Gasteiger partial charge in [0.25, 0.3) is 0 Å². The molecular weight excluding hydrogens is 214 g/mol. The van der Waals surface area contributed by atoms with Crippen molar-refractivity contribution < 1.29 is 4.79 Å². The molecule has 0 unspecified atom stereocenters. The fourth-order valence-corrected chi connectivity index (χ4v) is 2.14. The number of carbonyl (C=O) groups is 1. The molecule has 0 aliphatic carbocycles. The molecule has 3 aromatic rings. The molecule has 2 amide bonds. The van der Waals surface area contributed by atoms with Gasteiger partial charge < -0.3 is 16.0 Å². The summed E-state index contributed by atoms with van der Waals surface area (Å²) >= 11 is 0. The van der Waals surface area contributed by atoms with Gasteiger partial charge in [-0.1, -0.05) is 24.3 Å². The van der Waals surface area contributed by atoms with E-state index in [0.29, 0.717) is 0 Å². The number of amides is 2. The lowest BCUT2D eigenvalue weighted by Gasteiger charge is -2.03. The number of rotatable bonds is 1. The number of hydrogen-bond donors (Lipinski definition) is 3. The van der Waals surface area contributed by atoms with Crippen LogP contribution in [0.15, 0.2) is 42.5 Å². The van der Waals surface area contributed by atoms with E-state index in [4.69, 9.17) is 5.73 Å². The van der Waals surface area contributed by atoms with Gasteiger partial charge in [-0.3, -0.25) is 0 Å². The van der Waals surface area contributed by atoms with Gasteiger partial charge in [0.2, 0.25) is 0 Å². The molecule has 0 fully saturated rings. The summed E-state index contributed by atoms with van der Waals surface area (Å²) in [6, 6.07) is 13.1. The highest BCUT2D eigenvalue weighted by Gasteiger charge is 2.08. The Morgan fingerprint density at radius 2 is 1.82 bits per heavy atom. The summed E-state index contributed by atoms with van der Waals surface area (Å²) in [5, 5.41) is 4.71. The van der Waals surface area contributed by atoms with Crippen LogP contribution in [-0.2, 0) is 0 Å². The normalized spacial score (nSPS) is 10.8. The Kier molecular flexibility index (Phi) is 2.01. The average Bonchev–Trinajstić information content (AvgIpc) is 2.67. The van der Waals surface area contributed by atoms with Gasteiger partial charge in [0, 0.05) is 21.8 Å². The molecule has 0 atom stereocenters. The molecule has 17 heavy (non-hydrogen) atoms. The minimum Gasteiger partial charge on any atom is -0.354 e. The minimum atomic E-state index is -0.553. The molecule has 0 aliphatic rings. The summed E-state index contributed by atoms with van der Waals surface area (Å²) in [5.41, 5.74) is 7.92. The number of nitrogens with one attached hydrogen (secondary N) is 2. The average molecular weight is 225 g/mol. The van der Waals surface area contributed by atoms with Crippen molar-refractivity contribution in [1.29, 1.82) is 0 Å². The maximum Gasteiger partial charge on any atom is 0.316 e. The van der Waals surface area contributed by atoms with Crippen LogP contribution in [-0.4, -0.2) is 11.0 Å². The smallest absolute Gasteiger partial charge is 0.316 e. The van der Waals surface area contributed by atoms with Gasteiger partial charge in [0.15, 0.2) is 0 Å². The van der Waals surface area contributed by atoms with Crippen LogP contribution >= 0.6 is 0 Å². The number of nitrogens with two attached hydrogens (primary N) is 1. The van der Waals surface area contributed by atoms with Crippen molar-refractivity contribution in [2.45, 2.75) is 0 Å². The quantitative estimate of drug-likeness (QED) is 0.585. The standard InChI is InChI=1S/C13H11N3O/c14-13(17)16-11-7-3-6-10-12(11)8-4-1-2-5-9(8)15-10/h1-7,15H,(H3,14,16,17). The maximum absolute atomic E-state index is 11.0. The van der Waals surface area contributed by atoms with Crippen molar-refractivity contribution in [2.75, 3.05) is 5.32 Å². The molecule has 2 aromatic carbocycles. The van der Waals surface area contributed by atoms with Crippen LogP contribution < -0.4 is 11.1 Å². The van der Waals surface area contributed by atoms with Crippen molar-refractivity contribution in [3.05, 3.63) is 42.5 Å². The Morgan fingerprint density at radius 1 is 1.06 bits per heavy atom. The molecule has 1 aromatic heterocycles. The number of primary amides is 1. The van der Waals surface area contributed by atoms with Gasteiger partial charge in [0.05, 0.1) is 5.69 Å². The van der Waals surface area contributed by atoms with Crippen LogP contribution in [0.3, 0.4) is 0 Å². The monoisotopic (exact) mass is 225 g/mol. The summed E-state index contributed by atoms with van der Waals surface area (Å²) in [6.07, 6.45) is 0. The highest BCUT2D eigenvalue weighted by Crippen LogP contribution is 2.31. The third kappa shape index (κ3) is 1.50. The number of benzene rings is 2. The zero-order valence-corrected chi connectivity index (χ0v) is 9.03. The zero-order valence-electron chi connectivity index (χ0n) is 9.03. The lowest BCUT2D eigenvalue weighted by molar-refractivity contribution is 0.259. The first-order valence-electron chi connectivity index (χ1n) is 5.31. The summed E-state index contributed by atoms with van der Waals surface area (Å²) in [7, 11) is 0. The summed E-state index contributed by atoms with van der Waals surface area (Å²) < 4.78 is 0. The van der Waals surface area contributed by atoms with E-state index in [2.05, 4.69) is 10.3 Å². The molecule has 4 nitrogen and oxygen atoms in total. The van der Waals surface area contributed by atoms with Crippen LogP contribution in [0.25, 0.3) is 21.8 Å². The largest absolute Gasteiger partial charge is 0.354 e. The first kappa shape index (κ1) is 9.72. The first-order valence-corrected chi connectivity index (χ1v) is 5.31. The van der Waals surface area contributed by atoms with E-state index < -0.39 is 6.03 Å². The minimum absolute atomic E-state index is 0.553. The van der Waals surface area contributed by atoms with Crippen molar-refractivity contribution in [1.82, 2.24) is 4.98 Å². The van der Waals surface area contributed by atoms with Gasteiger partial charge in [-0.25, -0.2) is 4.79 Å².